The van der Waals surface area contributed by atoms with Crippen molar-refractivity contribution in [3.63, 3.8) is 0 Å². The largest absolute Gasteiger partial charge is 0.506 e. The summed E-state index contributed by atoms with van der Waals surface area (Å²) >= 11 is 0. The first-order valence-electron chi connectivity index (χ1n) is 14.5. The quantitative estimate of drug-likeness (QED) is 0.410. The van der Waals surface area contributed by atoms with Crippen LogP contribution in [0.25, 0.3) is 11.1 Å². The zero-order valence-corrected chi connectivity index (χ0v) is 24.8. The SMILES string of the molecule is COc1cc2c(c(O)c1-c1c(OC)cc3c(c1O)C(=O)[C@H]1[C@@H](C[C@H](C)O[C@@H]1C)[C@H]3O)C(=O)[C@@]1(O)[C@H](C[C@H](C)O[C@@H]1C)C2=O. The lowest BCUT2D eigenvalue weighted by Gasteiger charge is -2.47. The van der Waals surface area contributed by atoms with Crippen LogP contribution in [-0.4, -0.2) is 82.0 Å². The normalized spacial score (nSPS) is 35.0. The van der Waals surface area contributed by atoms with Crippen LogP contribution >= 0.6 is 0 Å². The van der Waals surface area contributed by atoms with Gasteiger partial charge in [0.25, 0.3) is 0 Å². The Hall–Kier alpha value is -3.51. The molecule has 0 bridgehead atoms. The van der Waals surface area contributed by atoms with Crippen molar-refractivity contribution in [2.75, 3.05) is 14.2 Å². The number of fused-ring (bicyclic) bond motifs is 4. The second-order valence-corrected chi connectivity index (χ2v) is 12.3. The Labute approximate surface area is 248 Å². The fourth-order valence-corrected chi connectivity index (χ4v) is 7.89. The van der Waals surface area contributed by atoms with Crippen LogP contribution in [0, 0.1) is 17.8 Å². The third kappa shape index (κ3) is 3.91. The van der Waals surface area contributed by atoms with Crippen molar-refractivity contribution in [2.45, 2.75) is 76.7 Å². The van der Waals surface area contributed by atoms with E-state index in [2.05, 4.69) is 0 Å². The Morgan fingerprint density at radius 2 is 1.40 bits per heavy atom. The van der Waals surface area contributed by atoms with Gasteiger partial charge in [-0.1, -0.05) is 0 Å². The lowest BCUT2D eigenvalue weighted by atomic mass is 9.64. The number of aliphatic hydroxyl groups is 2. The number of aliphatic hydroxyl groups excluding tert-OH is 1. The van der Waals surface area contributed by atoms with Crippen LogP contribution in [0.15, 0.2) is 12.1 Å². The summed E-state index contributed by atoms with van der Waals surface area (Å²) in [6.07, 6.45) is -2.72. The maximum Gasteiger partial charge on any atom is 0.202 e. The van der Waals surface area contributed by atoms with Gasteiger partial charge in [0.15, 0.2) is 17.2 Å². The molecule has 2 heterocycles. The zero-order chi connectivity index (χ0) is 31.3. The predicted octanol–water partition coefficient (Wildman–Crippen LogP) is 3.37. The monoisotopic (exact) mass is 596 g/mol. The van der Waals surface area contributed by atoms with Crippen molar-refractivity contribution in [1.82, 2.24) is 0 Å². The number of hydrogen-bond donors (Lipinski definition) is 4. The van der Waals surface area contributed by atoms with Gasteiger partial charge in [0.05, 0.1) is 78.8 Å². The molecule has 2 aliphatic carbocycles. The number of benzene rings is 2. The fraction of sp³-hybridized carbons (Fsp3) is 0.531. The van der Waals surface area contributed by atoms with Crippen LogP contribution in [-0.2, 0) is 9.47 Å². The van der Waals surface area contributed by atoms with Gasteiger partial charge in [-0.3, -0.25) is 14.4 Å². The second kappa shape index (κ2) is 10.0. The second-order valence-electron chi connectivity index (χ2n) is 12.3. The molecule has 6 rings (SSSR count). The molecule has 0 radical (unpaired) electrons. The molecule has 0 spiro atoms. The maximum absolute atomic E-state index is 13.9. The van der Waals surface area contributed by atoms with Crippen LogP contribution in [0.3, 0.4) is 0 Å². The van der Waals surface area contributed by atoms with Gasteiger partial charge in [-0.05, 0) is 58.2 Å². The molecular formula is C32H36O11. The third-order valence-electron chi connectivity index (χ3n) is 9.87. The van der Waals surface area contributed by atoms with Crippen molar-refractivity contribution < 1.29 is 53.8 Å². The summed E-state index contributed by atoms with van der Waals surface area (Å²) < 4.78 is 22.8. The van der Waals surface area contributed by atoms with Crippen molar-refractivity contribution in [3.05, 3.63) is 34.4 Å². The number of methoxy groups -OCH3 is 2. The highest BCUT2D eigenvalue weighted by molar-refractivity contribution is 6.22. The number of ketones is 3. The van der Waals surface area contributed by atoms with Gasteiger partial charge in [0, 0.05) is 11.5 Å². The summed E-state index contributed by atoms with van der Waals surface area (Å²) in [6, 6.07) is 2.72. The van der Waals surface area contributed by atoms with Crippen molar-refractivity contribution in [1.29, 1.82) is 0 Å². The van der Waals surface area contributed by atoms with Crippen molar-refractivity contribution in [3.8, 4) is 34.1 Å². The summed E-state index contributed by atoms with van der Waals surface area (Å²) in [4.78, 5) is 41.6. The van der Waals surface area contributed by atoms with Crippen molar-refractivity contribution >= 4 is 17.3 Å². The third-order valence-corrected chi connectivity index (χ3v) is 9.87. The molecule has 2 aromatic rings. The molecule has 0 aromatic heterocycles. The summed E-state index contributed by atoms with van der Waals surface area (Å²) in [5.41, 5.74) is -3.18. The van der Waals surface area contributed by atoms with E-state index in [1.165, 1.54) is 33.3 Å². The molecule has 2 fully saturated rings. The van der Waals surface area contributed by atoms with Gasteiger partial charge in [0.1, 0.15) is 23.0 Å². The highest BCUT2D eigenvalue weighted by Crippen LogP contribution is 2.57. The van der Waals surface area contributed by atoms with Gasteiger partial charge in [-0.15, -0.1) is 0 Å². The smallest absolute Gasteiger partial charge is 0.202 e. The Bertz CT molecular complexity index is 1560. The molecule has 9 atom stereocenters. The van der Waals surface area contributed by atoms with Crippen LogP contribution in [0.4, 0.5) is 0 Å². The van der Waals surface area contributed by atoms with E-state index in [0.717, 1.165) is 0 Å². The summed E-state index contributed by atoms with van der Waals surface area (Å²) in [7, 11) is 2.60. The van der Waals surface area contributed by atoms with Gasteiger partial charge < -0.3 is 39.4 Å². The summed E-state index contributed by atoms with van der Waals surface area (Å²) in [6.45, 7) is 6.87. The molecule has 0 saturated carbocycles. The summed E-state index contributed by atoms with van der Waals surface area (Å²) in [5.74, 6) is -5.57. The minimum Gasteiger partial charge on any atom is -0.506 e. The molecule has 4 aliphatic rings. The highest BCUT2D eigenvalue weighted by atomic mass is 16.5. The van der Waals surface area contributed by atoms with Crippen LogP contribution in [0.2, 0.25) is 0 Å². The number of carbonyl (C=O) groups excluding carboxylic acids is 3. The molecule has 2 aliphatic heterocycles. The van der Waals surface area contributed by atoms with E-state index in [1.807, 2.05) is 6.92 Å². The van der Waals surface area contributed by atoms with E-state index in [0.29, 0.717) is 6.42 Å². The Kier molecular flexibility index (Phi) is 6.89. The number of carbonyl (C=O) groups is 3. The minimum atomic E-state index is -2.23. The molecule has 11 heteroatoms. The first-order chi connectivity index (χ1) is 20.3. The fourth-order valence-electron chi connectivity index (χ4n) is 7.89. The number of rotatable bonds is 3. The summed E-state index contributed by atoms with van der Waals surface area (Å²) in [5, 5.41) is 46.5. The van der Waals surface area contributed by atoms with Gasteiger partial charge >= 0.3 is 0 Å². The molecule has 11 nitrogen and oxygen atoms in total. The molecule has 230 valence electrons. The van der Waals surface area contributed by atoms with E-state index < -0.39 is 82.2 Å². The number of hydrogen-bond acceptors (Lipinski definition) is 11. The minimum absolute atomic E-state index is 0.0161. The van der Waals surface area contributed by atoms with E-state index >= 15 is 0 Å². The zero-order valence-electron chi connectivity index (χ0n) is 24.8. The number of aromatic hydroxyl groups is 2. The van der Waals surface area contributed by atoms with Crippen LogP contribution in [0.5, 0.6) is 23.0 Å². The average molecular weight is 597 g/mol. The average Bonchev–Trinajstić information content (AvgIpc) is 2.95. The predicted molar refractivity (Wildman–Crippen MR) is 151 cm³/mol. The van der Waals surface area contributed by atoms with Gasteiger partial charge in [0.2, 0.25) is 5.78 Å². The van der Waals surface area contributed by atoms with E-state index in [-0.39, 0.29) is 51.8 Å². The van der Waals surface area contributed by atoms with E-state index in [9.17, 15) is 34.8 Å². The topological polar surface area (TPSA) is 169 Å². The molecule has 2 saturated heterocycles. The molecule has 0 amide bonds. The molecule has 4 N–H and O–H groups in total. The van der Waals surface area contributed by atoms with Crippen molar-refractivity contribution in [2.24, 2.45) is 17.8 Å². The van der Waals surface area contributed by atoms with E-state index in [4.69, 9.17) is 18.9 Å². The van der Waals surface area contributed by atoms with Gasteiger partial charge in [-0.2, -0.15) is 0 Å². The number of phenols is 2. The first kappa shape index (κ1) is 29.6. The standard InChI is InChI=1S/C32H36O11/c1-11-7-15-21(13(3)42-11)28(35)22-16(26(15)33)9-19(40-5)24(29(22)36)25-20(41-6)10-17-23(30(25)37)31(38)32(39)14(4)43-12(2)8-18(32)27(17)34/h9-15,18,21,26,33,36-37,39H,7-8H2,1-6H3/t11-,12-,13+,14+,15+,18+,21+,26+,32-/m0/s1. The van der Waals surface area contributed by atoms with Crippen LogP contribution in [0.1, 0.15) is 83.3 Å². The number of phenolic OH excluding ortho intramolecular Hbond substituents is 2. The number of Topliss-reactive ketones (excluding diaryl/α,β-unsaturated/α-hetero) is 3. The maximum atomic E-state index is 13.9. The Morgan fingerprint density at radius 3 is 2.02 bits per heavy atom. The van der Waals surface area contributed by atoms with E-state index in [1.54, 1.807) is 13.8 Å². The highest BCUT2D eigenvalue weighted by Gasteiger charge is 2.60. The first-order valence-corrected chi connectivity index (χ1v) is 14.5. The molecular weight excluding hydrogens is 560 g/mol. The number of ether oxygens (including phenoxy) is 4. The van der Waals surface area contributed by atoms with Gasteiger partial charge in [-0.25, -0.2) is 0 Å². The van der Waals surface area contributed by atoms with Crippen LogP contribution < -0.4 is 9.47 Å². The molecule has 43 heavy (non-hydrogen) atoms. The Morgan fingerprint density at radius 1 is 0.814 bits per heavy atom. The lowest BCUT2D eigenvalue weighted by Crippen LogP contribution is -2.64. The lowest BCUT2D eigenvalue weighted by molar-refractivity contribution is -0.161. The molecule has 0 unspecified atom stereocenters. The Balaban J connectivity index is 1.60. The molecule has 2 aromatic carbocycles.